The number of nitro benzene ring substituents is 1. The standard InChI is InChI=1S/C10H10N4O3S/c1-13-6-11-12-10(13)18-9-3-2-7(5-15)4-8(9)14(16)17/h2-4,6,15H,5H2,1H3. The zero-order valence-electron chi connectivity index (χ0n) is 9.48. The molecule has 0 aliphatic carbocycles. The van der Waals surface area contributed by atoms with Crippen molar-refractivity contribution in [3.63, 3.8) is 0 Å². The Kier molecular flexibility index (Phi) is 3.58. The van der Waals surface area contributed by atoms with Crippen molar-refractivity contribution < 1.29 is 10.0 Å². The van der Waals surface area contributed by atoms with Crippen LogP contribution in [-0.2, 0) is 13.7 Å². The van der Waals surface area contributed by atoms with Crippen LogP contribution in [0.4, 0.5) is 5.69 Å². The van der Waals surface area contributed by atoms with Crippen LogP contribution in [0.5, 0.6) is 0 Å². The first-order chi connectivity index (χ1) is 8.61. The van der Waals surface area contributed by atoms with Gasteiger partial charge in [-0.05, 0) is 23.4 Å². The van der Waals surface area contributed by atoms with Crippen molar-refractivity contribution >= 4 is 17.4 Å². The van der Waals surface area contributed by atoms with Crippen molar-refractivity contribution in [3.05, 3.63) is 40.2 Å². The second kappa shape index (κ2) is 5.15. The summed E-state index contributed by atoms with van der Waals surface area (Å²) in [6.45, 7) is -0.226. The Bertz CT molecular complexity index is 584. The Morgan fingerprint density at radius 3 is 2.89 bits per heavy atom. The first-order valence-electron chi connectivity index (χ1n) is 5.02. The van der Waals surface area contributed by atoms with Gasteiger partial charge < -0.3 is 9.67 Å². The molecule has 0 amide bonds. The molecule has 0 unspecified atom stereocenters. The molecular formula is C10H10N4O3S. The maximum Gasteiger partial charge on any atom is 0.283 e. The van der Waals surface area contributed by atoms with E-state index in [2.05, 4.69) is 10.2 Å². The van der Waals surface area contributed by atoms with E-state index >= 15 is 0 Å². The largest absolute Gasteiger partial charge is 0.392 e. The average Bonchev–Trinajstić information content (AvgIpc) is 2.75. The molecule has 0 spiro atoms. The van der Waals surface area contributed by atoms with E-state index in [0.717, 1.165) is 11.8 Å². The lowest BCUT2D eigenvalue weighted by Gasteiger charge is -2.03. The SMILES string of the molecule is Cn1cnnc1Sc1ccc(CO)cc1[N+](=O)[O-]. The molecule has 0 saturated carbocycles. The van der Waals surface area contributed by atoms with Gasteiger partial charge in [-0.15, -0.1) is 10.2 Å². The Hall–Kier alpha value is -1.93. The summed E-state index contributed by atoms with van der Waals surface area (Å²) < 4.78 is 1.67. The van der Waals surface area contributed by atoms with Crippen molar-refractivity contribution in [1.29, 1.82) is 0 Å². The van der Waals surface area contributed by atoms with Crippen molar-refractivity contribution in [2.75, 3.05) is 0 Å². The summed E-state index contributed by atoms with van der Waals surface area (Å²) in [4.78, 5) is 11.0. The first kappa shape index (κ1) is 12.5. The molecule has 2 aromatic rings. The number of hydrogen-bond donors (Lipinski definition) is 1. The normalized spacial score (nSPS) is 10.6. The maximum atomic E-state index is 11.0. The van der Waals surface area contributed by atoms with E-state index in [0.29, 0.717) is 15.6 Å². The molecule has 1 aromatic carbocycles. The van der Waals surface area contributed by atoms with Gasteiger partial charge in [0.15, 0.2) is 5.16 Å². The van der Waals surface area contributed by atoms with Crippen molar-refractivity contribution in [2.45, 2.75) is 16.7 Å². The summed E-state index contributed by atoms with van der Waals surface area (Å²) in [5.41, 5.74) is 0.457. The molecule has 0 aliphatic heterocycles. The van der Waals surface area contributed by atoms with Gasteiger partial charge in [-0.3, -0.25) is 10.1 Å². The molecule has 2 rings (SSSR count). The van der Waals surface area contributed by atoms with Gasteiger partial charge in [0.05, 0.1) is 16.4 Å². The minimum atomic E-state index is -0.474. The summed E-state index contributed by atoms with van der Waals surface area (Å²) in [5, 5.41) is 28.1. The highest BCUT2D eigenvalue weighted by Crippen LogP contribution is 2.33. The molecule has 7 nitrogen and oxygen atoms in total. The number of hydrogen-bond acceptors (Lipinski definition) is 6. The van der Waals surface area contributed by atoms with Gasteiger partial charge in [0, 0.05) is 13.1 Å². The third kappa shape index (κ3) is 2.49. The fourth-order valence-electron chi connectivity index (χ4n) is 1.35. The van der Waals surface area contributed by atoms with Crippen LogP contribution in [0, 0.1) is 10.1 Å². The second-order valence-electron chi connectivity index (χ2n) is 3.54. The molecular weight excluding hydrogens is 256 g/mol. The molecule has 0 fully saturated rings. The molecule has 0 atom stereocenters. The number of aliphatic hydroxyl groups excluding tert-OH is 1. The highest BCUT2D eigenvalue weighted by Gasteiger charge is 2.17. The summed E-state index contributed by atoms with van der Waals surface area (Å²) in [6.07, 6.45) is 1.52. The Labute approximate surface area is 107 Å². The quantitative estimate of drug-likeness (QED) is 0.663. The molecule has 1 heterocycles. The van der Waals surface area contributed by atoms with Gasteiger partial charge in [0.25, 0.3) is 5.69 Å². The molecule has 1 aromatic heterocycles. The number of aryl methyl sites for hydroxylation is 1. The predicted octanol–water partition coefficient (Wildman–Crippen LogP) is 1.37. The van der Waals surface area contributed by atoms with Crippen LogP contribution in [0.25, 0.3) is 0 Å². The van der Waals surface area contributed by atoms with Gasteiger partial charge in [-0.25, -0.2) is 0 Å². The van der Waals surface area contributed by atoms with E-state index in [9.17, 15) is 10.1 Å². The van der Waals surface area contributed by atoms with Crippen molar-refractivity contribution in [2.24, 2.45) is 7.05 Å². The van der Waals surface area contributed by atoms with E-state index < -0.39 is 4.92 Å². The zero-order chi connectivity index (χ0) is 13.1. The summed E-state index contributed by atoms with van der Waals surface area (Å²) in [5.74, 6) is 0. The zero-order valence-corrected chi connectivity index (χ0v) is 10.3. The van der Waals surface area contributed by atoms with E-state index in [1.165, 1.54) is 12.4 Å². The number of aliphatic hydroxyl groups is 1. The van der Waals surface area contributed by atoms with E-state index in [1.807, 2.05) is 0 Å². The monoisotopic (exact) mass is 266 g/mol. The number of nitro groups is 1. The highest BCUT2D eigenvalue weighted by molar-refractivity contribution is 7.99. The molecule has 94 valence electrons. The van der Waals surface area contributed by atoms with Crippen LogP contribution in [0.3, 0.4) is 0 Å². The smallest absolute Gasteiger partial charge is 0.283 e. The molecule has 1 N–H and O–H groups in total. The molecule has 18 heavy (non-hydrogen) atoms. The van der Waals surface area contributed by atoms with Crippen LogP contribution in [0.15, 0.2) is 34.6 Å². The van der Waals surface area contributed by atoms with E-state index in [4.69, 9.17) is 5.11 Å². The Morgan fingerprint density at radius 1 is 1.56 bits per heavy atom. The van der Waals surface area contributed by atoms with Crippen LogP contribution in [-0.4, -0.2) is 24.8 Å². The second-order valence-corrected chi connectivity index (χ2v) is 4.55. The third-order valence-electron chi connectivity index (χ3n) is 2.27. The fourth-order valence-corrected chi connectivity index (χ4v) is 2.20. The third-order valence-corrected chi connectivity index (χ3v) is 3.39. The van der Waals surface area contributed by atoms with Gasteiger partial charge in [0.1, 0.15) is 6.33 Å². The molecule has 0 radical (unpaired) electrons. The van der Waals surface area contributed by atoms with Crippen molar-refractivity contribution in [3.8, 4) is 0 Å². The predicted molar refractivity (Wildman–Crippen MR) is 64.1 cm³/mol. The van der Waals surface area contributed by atoms with Gasteiger partial charge >= 0.3 is 0 Å². The van der Waals surface area contributed by atoms with E-state index in [1.54, 1.807) is 23.7 Å². The lowest BCUT2D eigenvalue weighted by Crippen LogP contribution is -1.95. The minimum Gasteiger partial charge on any atom is -0.392 e. The van der Waals surface area contributed by atoms with Gasteiger partial charge in [0.2, 0.25) is 0 Å². The van der Waals surface area contributed by atoms with Crippen LogP contribution in [0.2, 0.25) is 0 Å². The molecule has 0 bridgehead atoms. The summed E-state index contributed by atoms with van der Waals surface area (Å²) in [6, 6.07) is 4.60. The minimum absolute atomic E-state index is 0.0467. The lowest BCUT2D eigenvalue weighted by atomic mass is 10.2. The Balaban J connectivity index is 2.38. The number of nitrogens with zero attached hydrogens (tertiary/aromatic N) is 4. The van der Waals surface area contributed by atoms with E-state index in [-0.39, 0.29) is 12.3 Å². The Morgan fingerprint density at radius 2 is 2.33 bits per heavy atom. The van der Waals surface area contributed by atoms with Crippen molar-refractivity contribution in [1.82, 2.24) is 14.8 Å². The number of benzene rings is 1. The van der Waals surface area contributed by atoms with Crippen LogP contribution in [0.1, 0.15) is 5.56 Å². The molecule has 8 heteroatoms. The fraction of sp³-hybridized carbons (Fsp3) is 0.200. The highest BCUT2D eigenvalue weighted by atomic mass is 32.2. The van der Waals surface area contributed by atoms with Gasteiger partial charge in [-0.1, -0.05) is 6.07 Å². The summed E-state index contributed by atoms with van der Waals surface area (Å²) >= 11 is 1.16. The van der Waals surface area contributed by atoms with Gasteiger partial charge in [-0.2, -0.15) is 0 Å². The molecule has 0 saturated heterocycles. The number of aromatic nitrogens is 3. The number of rotatable bonds is 4. The first-order valence-corrected chi connectivity index (χ1v) is 5.83. The van der Waals surface area contributed by atoms with Crippen LogP contribution < -0.4 is 0 Å². The lowest BCUT2D eigenvalue weighted by molar-refractivity contribution is -0.387. The maximum absolute atomic E-state index is 11.0. The van der Waals surface area contributed by atoms with Crippen LogP contribution >= 0.6 is 11.8 Å². The topological polar surface area (TPSA) is 94.1 Å². The molecule has 0 aliphatic rings. The summed E-state index contributed by atoms with van der Waals surface area (Å²) in [7, 11) is 1.76. The average molecular weight is 266 g/mol.